The molecular weight excluding hydrogens is 435 g/mol. The third-order valence-electron chi connectivity index (χ3n) is 5.07. The predicted molar refractivity (Wildman–Crippen MR) is 111 cm³/mol. The van der Waals surface area contributed by atoms with Gasteiger partial charge in [-0.3, -0.25) is 9.59 Å². The number of benzene rings is 1. The van der Waals surface area contributed by atoms with Crippen LogP contribution in [-0.2, 0) is 6.42 Å². The van der Waals surface area contributed by atoms with E-state index in [1.54, 1.807) is 0 Å². The number of hydrogen-bond donors (Lipinski definition) is 2. The van der Waals surface area contributed by atoms with Gasteiger partial charge in [-0.05, 0) is 37.3 Å². The number of rotatable bonds is 4. The van der Waals surface area contributed by atoms with Crippen LogP contribution < -0.4 is 27.4 Å². The molecule has 156 valence electrons. The molecule has 0 bridgehead atoms. The smallest absolute Gasteiger partial charge is 0.370 e. The molecule has 3 aromatic rings. The van der Waals surface area contributed by atoms with Crippen molar-refractivity contribution in [2.75, 3.05) is 5.84 Å². The number of aromatic amines is 1. The highest BCUT2D eigenvalue weighted by molar-refractivity contribution is 6.37. The number of nitrogens with zero attached hydrogens (tertiary/aromatic N) is 4. The van der Waals surface area contributed by atoms with E-state index in [0.717, 1.165) is 29.3 Å². The summed E-state index contributed by atoms with van der Waals surface area (Å²) in [6, 6.07) is 2.78. The Labute approximate surface area is 178 Å². The number of halogens is 2. The molecule has 0 saturated carbocycles. The molecule has 3 N–H and O–H groups in total. The Morgan fingerprint density at radius 1 is 1.27 bits per heavy atom. The van der Waals surface area contributed by atoms with Gasteiger partial charge in [0.2, 0.25) is 5.88 Å². The first kappa shape index (κ1) is 20.2. The van der Waals surface area contributed by atoms with E-state index in [1.165, 1.54) is 12.1 Å². The van der Waals surface area contributed by atoms with Crippen LogP contribution in [0.5, 0.6) is 11.6 Å². The largest absolute Gasteiger partial charge is 0.434 e. The second-order valence-electron chi connectivity index (χ2n) is 6.78. The fourth-order valence-corrected chi connectivity index (χ4v) is 4.12. The van der Waals surface area contributed by atoms with Gasteiger partial charge >= 0.3 is 5.69 Å². The van der Waals surface area contributed by atoms with Crippen LogP contribution >= 0.6 is 23.2 Å². The number of nitrogens with one attached hydrogen (secondary N) is 1. The molecule has 1 unspecified atom stereocenters. The fraction of sp³-hybridized carbons (Fsp3) is 0.278. The molecule has 0 aliphatic heterocycles. The normalized spacial score (nSPS) is 15.2. The number of fused-ring (bicyclic) bond motifs is 1. The molecule has 1 aliphatic rings. The SMILES string of the molecule is CCC1CCc2c(Oc3c(Cl)cc(-n4ncc(=O)n(N)c4=O)cc3Cl)n[nH]c(=O)c21. The van der Waals surface area contributed by atoms with E-state index in [9.17, 15) is 14.4 Å². The first-order valence-electron chi connectivity index (χ1n) is 9.07. The standard InChI is InChI=1S/C18H16Cl2N6O4/c1-2-8-3-4-10-14(8)16(28)23-24-17(10)30-15-11(19)5-9(6-12(15)20)26-18(29)25(21)13(27)7-22-26/h5-8H,2-4,21H2,1H3,(H,23,28). The first-order valence-corrected chi connectivity index (χ1v) is 9.82. The first-order chi connectivity index (χ1) is 14.3. The summed E-state index contributed by atoms with van der Waals surface area (Å²) >= 11 is 12.7. The second kappa shape index (κ2) is 7.62. The van der Waals surface area contributed by atoms with Gasteiger partial charge in [-0.1, -0.05) is 30.1 Å². The molecule has 12 heteroatoms. The maximum absolute atomic E-state index is 12.2. The van der Waals surface area contributed by atoms with E-state index in [4.69, 9.17) is 33.8 Å². The van der Waals surface area contributed by atoms with Crippen molar-refractivity contribution < 1.29 is 4.74 Å². The van der Waals surface area contributed by atoms with E-state index in [1.807, 2.05) is 6.92 Å². The van der Waals surface area contributed by atoms with Gasteiger partial charge < -0.3 is 10.6 Å². The van der Waals surface area contributed by atoms with Crippen molar-refractivity contribution >= 4 is 23.2 Å². The summed E-state index contributed by atoms with van der Waals surface area (Å²) < 4.78 is 7.16. The summed E-state index contributed by atoms with van der Waals surface area (Å²) in [5, 5.41) is 10.4. The van der Waals surface area contributed by atoms with Gasteiger partial charge in [0.1, 0.15) is 6.20 Å². The minimum absolute atomic E-state index is 0.0766. The molecule has 0 fully saturated rings. The summed E-state index contributed by atoms with van der Waals surface area (Å²) in [4.78, 5) is 35.8. The molecule has 0 radical (unpaired) electrons. The van der Waals surface area contributed by atoms with Gasteiger partial charge in [-0.15, -0.1) is 5.10 Å². The Morgan fingerprint density at radius 3 is 2.63 bits per heavy atom. The Hall–Kier alpha value is -3.11. The monoisotopic (exact) mass is 450 g/mol. The van der Waals surface area contributed by atoms with E-state index in [2.05, 4.69) is 15.3 Å². The molecule has 1 aromatic carbocycles. The van der Waals surface area contributed by atoms with Crippen LogP contribution in [0.2, 0.25) is 10.0 Å². The maximum Gasteiger partial charge on any atom is 0.370 e. The van der Waals surface area contributed by atoms with Crippen LogP contribution in [0.1, 0.15) is 36.8 Å². The van der Waals surface area contributed by atoms with Crippen LogP contribution in [-0.4, -0.2) is 24.7 Å². The Kier molecular flexibility index (Phi) is 5.12. The Balaban J connectivity index is 1.76. The highest BCUT2D eigenvalue weighted by atomic mass is 35.5. The lowest BCUT2D eigenvalue weighted by Crippen LogP contribution is -2.44. The van der Waals surface area contributed by atoms with Crippen LogP contribution in [0.15, 0.2) is 32.7 Å². The van der Waals surface area contributed by atoms with Crippen LogP contribution in [0.4, 0.5) is 0 Å². The summed E-state index contributed by atoms with van der Waals surface area (Å²) in [7, 11) is 0. The molecule has 0 amide bonds. The molecule has 1 atom stereocenters. The van der Waals surface area contributed by atoms with Crippen molar-refractivity contribution in [2.24, 2.45) is 0 Å². The van der Waals surface area contributed by atoms with Gasteiger partial charge in [0.25, 0.3) is 11.1 Å². The predicted octanol–water partition coefficient (Wildman–Crippen LogP) is 1.73. The van der Waals surface area contributed by atoms with Crippen molar-refractivity contribution in [3.05, 3.63) is 70.7 Å². The van der Waals surface area contributed by atoms with Gasteiger partial charge in [0.05, 0.1) is 15.7 Å². The maximum atomic E-state index is 12.2. The minimum Gasteiger partial charge on any atom is -0.434 e. The molecule has 30 heavy (non-hydrogen) atoms. The van der Waals surface area contributed by atoms with E-state index < -0.39 is 11.2 Å². The molecule has 0 spiro atoms. The van der Waals surface area contributed by atoms with Gasteiger partial charge in [0.15, 0.2) is 5.75 Å². The topological polar surface area (TPSA) is 138 Å². The molecule has 10 nitrogen and oxygen atoms in total. The Bertz CT molecular complexity index is 1310. The highest BCUT2D eigenvalue weighted by Gasteiger charge is 2.29. The van der Waals surface area contributed by atoms with Crippen molar-refractivity contribution in [3.63, 3.8) is 0 Å². The molecule has 4 rings (SSSR count). The van der Waals surface area contributed by atoms with Crippen LogP contribution in [0.25, 0.3) is 5.69 Å². The van der Waals surface area contributed by atoms with Gasteiger partial charge in [0, 0.05) is 11.1 Å². The van der Waals surface area contributed by atoms with E-state index in [-0.39, 0.29) is 38.8 Å². The second-order valence-corrected chi connectivity index (χ2v) is 7.60. The number of hydrogen-bond acceptors (Lipinski definition) is 7. The van der Waals surface area contributed by atoms with Crippen molar-refractivity contribution in [2.45, 2.75) is 32.1 Å². The van der Waals surface area contributed by atoms with Crippen molar-refractivity contribution in [1.82, 2.24) is 24.7 Å². The quantitative estimate of drug-likeness (QED) is 0.576. The lowest BCUT2D eigenvalue weighted by molar-refractivity contribution is 0.448. The average molecular weight is 451 g/mol. The lowest BCUT2D eigenvalue weighted by Gasteiger charge is -2.14. The molecular formula is C18H16Cl2N6O4. The zero-order valence-electron chi connectivity index (χ0n) is 15.7. The van der Waals surface area contributed by atoms with Crippen LogP contribution in [0.3, 0.4) is 0 Å². The summed E-state index contributed by atoms with van der Waals surface area (Å²) in [6.45, 7) is 2.02. The third-order valence-corrected chi connectivity index (χ3v) is 5.63. The minimum atomic E-state index is -0.867. The Morgan fingerprint density at radius 2 is 1.97 bits per heavy atom. The molecule has 2 aromatic heterocycles. The zero-order chi connectivity index (χ0) is 21.6. The van der Waals surface area contributed by atoms with Gasteiger partial charge in [-0.2, -0.15) is 14.5 Å². The lowest BCUT2D eigenvalue weighted by atomic mass is 10.0. The number of aromatic nitrogens is 5. The summed E-state index contributed by atoms with van der Waals surface area (Å²) in [5.41, 5.74) is -0.253. The highest BCUT2D eigenvalue weighted by Crippen LogP contribution is 2.41. The third kappa shape index (κ3) is 3.27. The number of ether oxygens (including phenoxy) is 1. The fourth-order valence-electron chi connectivity index (χ4n) is 3.57. The van der Waals surface area contributed by atoms with Crippen molar-refractivity contribution in [1.29, 1.82) is 0 Å². The number of H-pyrrole nitrogens is 1. The van der Waals surface area contributed by atoms with E-state index in [0.29, 0.717) is 16.7 Å². The van der Waals surface area contributed by atoms with Gasteiger partial charge in [-0.25, -0.2) is 9.89 Å². The summed E-state index contributed by atoms with van der Waals surface area (Å²) in [6.07, 6.45) is 3.22. The average Bonchev–Trinajstić information content (AvgIpc) is 3.16. The molecule has 0 saturated heterocycles. The molecule has 1 aliphatic carbocycles. The summed E-state index contributed by atoms with van der Waals surface area (Å²) in [5.74, 6) is 5.90. The number of nitrogen functional groups attached to an aromatic ring is 1. The van der Waals surface area contributed by atoms with Crippen LogP contribution in [0, 0.1) is 0 Å². The van der Waals surface area contributed by atoms with Crippen molar-refractivity contribution in [3.8, 4) is 17.3 Å². The molecule has 2 heterocycles. The van der Waals surface area contributed by atoms with E-state index >= 15 is 0 Å². The number of nitrogens with two attached hydrogens (primary N) is 1. The zero-order valence-corrected chi connectivity index (χ0v) is 17.2.